The fraction of sp³-hybridized carbons (Fsp3) is 0.136. The molecule has 0 spiro atoms. The van der Waals surface area contributed by atoms with E-state index >= 15 is 0 Å². The molecular formula is C44H40BN. The topological polar surface area (TPSA) is 4.93 Å². The minimum absolute atomic E-state index is 0.188. The Balaban J connectivity index is 1.20. The van der Waals surface area contributed by atoms with E-state index in [0.717, 1.165) is 0 Å². The van der Waals surface area contributed by atoms with Crippen molar-refractivity contribution >= 4 is 57.1 Å². The van der Waals surface area contributed by atoms with E-state index in [1.165, 1.54) is 88.4 Å². The van der Waals surface area contributed by atoms with E-state index < -0.39 is 0 Å². The van der Waals surface area contributed by atoms with Crippen molar-refractivity contribution in [2.45, 2.75) is 41.5 Å². The van der Waals surface area contributed by atoms with Crippen LogP contribution in [-0.2, 0) is 0 Å². The second-order valence-electron chi connectivity index (χ2n) is 13.0. The molecule has 0 atom stereocenters. The zero-order valence-corrected chi connectivity index (χ0v) is 27.7. The summed E-state index contributed by atoms with van der Waals surface area (Å²) in [5.74, 6) is 0. The van der Waals surface area contributed by atoms with Gasteiger partial charge >= 0.3 is 0 Å². The Morgan fingerprint density at radius 1 is 0.457 bits per heavy atom. The molecule has 0 aliphatic carbocycles. The third-order valence-corrected chi connectivity index (χ3v) is 9.52. The van der Waals surface area contributed by atoms with Gasteiger partial charge in [0.15, 0.2) is 0 Å². The van der Waals surface area contributed by atoms with Gasteiger partial charge in [-0.1, -0.05) is 159 Å². The predicted molar refractivity (Wildman–Crippen MR) is 202 cm³/mol. The van der Waals surface area contributed by atoms with Crippen LogP contribution in [0.15, 0.2) is 121 Å². The number of rotatable bonds is 6. The van der Waals surface area contributed by atoms with Crippen molar-refractivity contribution in [1.29, 1.82) is 0 Å². The maximum Gasteiger partial charge on any atom is 0.242 e. The quantitative estimate of drug-likeness (QED) is 0.134. The fourth-order valence-corrected chi connectivity index (χ4v) is 7.70. The van der Waals surface area contributed by atoms with Gasteiger partial charge in [-0.3, -0.25) is 0 Å². The van der Waals surface area contributed by atoms with Crippen molar-refractivity contribution in [2.75, 3.05) is 0 Å². The molecule has 0 saturated carbocycles. The predicted octanol–water partition coefficient (Wildman–Crippen LogP) is 9.32. The first-order valence-electron chi connectivity index (χ1n) is 16.3. The number of benzene rings is 6. The molecule has 0 saturated heterocycles. The number of aromatic nitrogens is 1. The summed E-state index contributed by atoms with van der Waals surface area (Å²) in [6.07, 6.45) is 4.43. The third-order valence-electron chi connectivity index (χ3n) is 9.52. The van der Waals surface area contributed by atoms with Crippen LogP contribution in [0.2, 0.25) is 0 Å². The lowest BCUT2D eigenvalue weighted by Gasteiger charge is -2.24. The van der Waals surface area contributed by atoms with E-state index in [1.807, 2.05) is 0 Å². The minimum atomic E-state index is 0.188. The number of hydrogen-bond donors (Lipinski definition) is 0. The highest BCUT2D eigenvalue weighted by Gasteiger charge is 2.28. The Morgan fingerprint density at radius 2 is 0.848 bits per heavy atom. The third kappa shape index (κ3) is 5.39. The molecular weight excluding hydrogens is 553 g/mol. The van der Waals surface area contributed by atoms with Gasteiger partial charge in [0.2, 0.25) is 6.71 Å². The molecule has 0 unspecified atom stereocenters. The highest BCUT2D eigenvalue weighted by Crippen LogP contribution is 2.31. The van der Waals surface area contributed by atoms with Crippen molar-refractivity contribution in [1.82, 2.24) is 4.57 Å². The Bertz CT molecular complexity index is 2090. The first-order valence-corrected chi connectivity index (χ1v) is 16.3. The van der Waals surface area contributed by atoms with Crippen LogP contribution in [0.1, 0.15) is 44.5 Å². The Labute approximate surface area is 273 Å². The molecule has 1 heterocycles. The summed E-state index contributed by atoms with van der Waals surface area (Å²) in [5, 5.41) is 2.57. The maximum absolute atomic E-state index is 2.36. The molecule has 0 N–H and O–H groups in total. The van der Waals surface area contributed by atoms with Crippen LogP contribution in [0.4, 0.5) is 0 Å². The van der Waals surface area contributed by atoms with E-state index in [9.17, 15) is 0 Å². The Hall–Kier alpha value is -5.08. The van der Waals surface area contributed by atoms with Gasteiger partial charge < -0.3 is 4.57 Å². The summed E-state index contributed by atoms with van der Waals surface area (Å²) in [5.41, 5.74) is 18.3. The second-order valence-corrected chi connectivity index (χ2v) is 13.0. The summed E-state index contributed by atoms with van der Waals surface area (Å²) < 4.78 is 2.36. The first-order chi connectivity index (χ1) is 22.3. The molecule has 7 rings (SSSR count). The van der Waals surface area contributed by atoms with Crippen LogP contribution >= 0.6 is 0 Å². The van der Waals surface area contributed by atoms with Gasteiger partial charge in [0.25, 0.3) is 0 Å². The molecule has 0 fully saturated rings. The van der Waals surface area contributed by atoms with Crippen LogP contribution < -0.4 is 16.4 Å². The molecule has 0 amide bonds. The summed E-state index contributed by atoms with van der Waals surface area (Å²) in [7, 11) is 0. The Morgan fingerprint density at radius 3 is 1.28 bits per heavy atom. The number of fused-ring (bicyclic) bond motifs is 3. The molecule has 2 heteroatoms. The monoisotopic (exact) mass is 593 g/mol. The number of hydrogen-bond acceptors (Lipinski definition) is 0. The van der Waals surface area contributed by atoms with Gasteiger partial charge in [-0.25, -0.2) is 0 Å². The fourth-order valence-electron chi connectivity index (χ4n) is 7.70. The zero-order chi connectivity index (χ0) is 31.9. The normalized spacial score (nSPS) is 11.6. The summed E-state index contributed by atoms with van der Waals surface area (Å²) in [4.78, 5) is 0. The van der Waals surface area contributed by atoms with E-state index in [1.54, 1.807) is 0 Å². The average molecular weight is 594 g/mol. The summed E-state index contributed by atoms with van der Waals surface area (Å²) in [6, 6.07) is 44.7. The molecule has 224 valence electrons. The van der Waals surface area contributed by atoms with Gasteiger partial charge in [0.05, 0.1) is 11.0 Å². The van der Waals surface area contributed by atoms with Gasteiger partial charge in [-0.15, -0.1) is 0 Å². The molecule has 0 aliphatic rings. The second kappa shape index (κ2) is 12.0. The highest BCUT2D eigenvalue weighted by molar-refractivity contribution is 6.96. The number of para-hydroxylation sites is 2. The average Bonchev–Trinajstić information content (AvgIpc) is 3.37. The lowest BCUT2D eigenvalue weighted by atomic mass is 9.34. The molecule has 0 bridgehead atoms. The van der Waals surface area contributed by atoms with E-state index in [4.69, 9.17) is 0 Å². The van der Waals surface area contributed by atoms with Crippen molar-refractivity contribution in [3.63, 3.8) is 0 Å². The van der Waals surface area contributed by atoms with E-state index in [2.05, 4.69) is 180 Å². The standard InChI is InChI=1S/C44H40BN/c1-29-25-31(3)43(32(4)26-29)45(44-33(5)27-30(2)28-34(44)6)37-21-17-35(18-22-37)15-16-36-19-23-38(24-20-36)46-41-13-9-7-11-39(41)40-12-8-10-14-42(40)46/h7-28H,1-6H3/b16-15+. The van der Waals surface area contributed by atoms with Crippen LogP contribution in [-0.4, -0.2) is 11.3 Å². The van der Waals surface area contributed by atoms with Crippen LogP contribution in [0.3, 0.4) is 0 Å². The minimum Gasteiger partial charge on any atom is -0.309 e. The zero-order valence-electron chi connectivity index (χ0n) is 27.7. The Kier molecular flexibility index (Phi) is 7.74. The number of nitrogens with zero attached hydrogens (tertiary/aromatic N) is 1. The highest BCUT2D eigenvalue weighted by atomic mass is 15.0. The molecule has 7 aromatic rings. The molecule has 1 aromatic heterocycles. The smallest absolute Gasteiger partial charge is 0.242 e. The molecule has 6 aromatic carbocycles. The van der Waals surface area contributed by atoms with E-state index in [-0.39, 0.29) is 6.71 Å². The van der Waals surface area contributed by atoms with Crippen molar-refractivity contribution in [3.8, 4) is 5.69 Å². The van der Waals surface area contributed by atoms with Crippen molar-refractivity contribution < 1.29 is 0 Å². The van der Waals surface area contributed by atoms with Gasteiger partial charge in [0, 0.05) is 16.5 Å². The van der Waals surface area contributed by atoms with Crippen molar-refractivity contribution in [3.05, 3.63) is 166 Å². The van der Waals surface area contributed by atoms with Crippen LogP contribution in [0.25, 0.3) is 39.6 Å². The van der Waals surface area contributed by atoms with Crippen molar-refractivity contribution in [2.24, 2.45) is 0 Å². The lowest BCUT2D eigenvalue weighted by molar-refractivity contribution is 1.18. The molecule has 1 nitrogen and oxygen atoms in total. The van der Waals surface area contributed by atoms with E-state index in [0.29, 0.717) is 0 Å². The van der Waals surface area contributed by atoms with Crippen LogP contribution in [0, 0.1) is 41.5 Å². The number of aryl methyl sites for hydroxylation is 6. The maximum atomic E-state index is 2.36. The SMILES string of the molecule is Cc1cc(C)c(B(c2ccc(/C=C/c3ccc(-n4c5ccccc5c5ccccc54)cc3)cc2)c2c(C)cc(C)cc2C)c(C)c1. The van der Waals surface area contributed by atoms with Crippen LogP contribution in [0.5, 0.6) is 0 Å². The molecule has 0 radical (unpaired) electrons. The largest absolute Gasteiger partial charge is 0.309 e. The lowest BCUT2D eigenvalue weighted by Crippen LogP contribution is -2.55. The molecule has 46 heavy (non-hydrogen) atoms. The van der Waals surface area contributed by atoms with Gasteiger partial charge in [-0.05, 0) is 76.9 Å². The first kappa shape index (κ1) is 29.6. The molecule has 0 aliphatic heterocycles. The summed E-state index contributed by atoms with van der Waals surface area (Å²) >= 11 is 0. The van der Waals surface area contributed by atoms with Gasteiger partial charge in [0.1, 0.15) is 0 Å². The van der Waals surface area contributed by atoms with Gasteiger partial charge in [-0.2, -0.15) is 0 Å². The summed E-state index contributed by atoms with van der Waals surface area (Å²) in [6.45, 7) is 13.7.